The van der Waals surface area contributed by atoms with Crippen molar-refractivity contribution in [3.8, 4) is 0 Å². The van der Waals surface area contributed by atoms with Gasteiger partial charge in [0, 0.05) is 0 Å². The van der Waals surface area contributed by atoms with Gasteiger partial charge in [0.2, 0.25) is 5.16 Å². The van der Waals surface area contributed by atoms with Gasteiger partial charge in [0.1, 0.15) is 0 Å². The number of carbonyl (C=O) groups excluding carboxylic acids is 1. The van der Waals surface area contributed by atoms with Crippen LogP contribution >= 0.6 is 11.8 Å². The fourth-order valence-electron chi connectivity index (χ4n) is 0.577. The lowest BCUT2D eigenvalue weighted by atomic mass is 10.5. The summed E-state index contributed by atoms with van der Waals surface area (Å²) in [6.45, 7) is 0. The first-order valence-corrected chi connectivity index (χ1v) is 4.32. The highest BCUT2D eigenvalue weighted by Crippen LogP contribution is 2.06. The van der Waals surface area contributed by atoms with Crippen molar-refractivity contribution in [3.05, 3.63) is 11.9 Å². The Hall–Kier alpha value is -1.17. The SMILES string of the molecule is COC(=O)c1cnnc(SC)n1. The van der Waals surface area contributed by atoms with E-state index in [4.69, 9.17) is 0 Å². The van der Waals surface area contributed by atoms with Crippen LogP contribution < -0.4 is 0 Å². The standard InChI is InChI=1S/C6H7N3O2S/c1-11-5(10)4-3-7-9-6(8-4)12-2/h3H,1-2H3. The lowest BCUT2D eigenvalue weighted by Crippen LogP contribution is -2.06. The van der Waals surface area contributed by atoms with Gasteiger partial charge in [-0.2, -0.15) is 5.10 Å². The molecule has 6 heteroatoms. The van der Waals surface area contributed by atoms with Crippen LogP contribution in [0.4, 0.5) is 0 Å². The summed E-state index contributed by atoms with van der Waals surface area (Å²) in [6, 6.07) is 0. The minimum atomic E-state index is -0.500. The van der Waals surface area contributed by atoms with E-state index < -0.39 is 5.97 Å². The molecule has 1 aromatic heterocycles. The summed E-state index contributed by atoms with van der Waals surface area (Å²) in [7, 11) is 1.29. The summed E-state index contributed by atoms with van der Waals surface area (Å²) >= 11 is 1.32. The van der Waals surface area contributed by atoms with Crippen molar-refractivity contribution in [2.24, 2.45) is 0 Å². The smallest absolute Gasteiger partial charge is 0.358 e. The number of carbonyl (C=O) groups is 1. The highest BCUT2D eigenvalue weighted by atomic mass is 32.2. The molecule has 0 atom stereocenters. The Morgan fingerprint density at radius 1 is 1.67 bits per heavy atom. The molecule has 1 rings (SSSR count). The molecule has 1 aromatic rings. The Labute approximate surface area is 73.6 Å². The summed E-state index contributed by atoms with van der Waals surface area (Å²) in [5, 5.41) is 7.72. The van der Waals surface area contributed by atoms with Crippen molar-refractivity contribution < 1.29 is 9.53 Å². The number of ether oxygens (including phenoxy) is 1. The first-order valence-electron chi connectivity index (χ1n) is 3.10. The van der Waals surface area contributed by atoms with Gasteiger partial charge >= 0.3 is 5.97 Å². The van der Waals surface area contributed by atoms with Gasteiger partial charge in [-0.15, -0.1) is 5.10 Å². The van der Waals surface area contributed by atoms with Crippen LogP contribution in [0.1, 0.15) is 10.5 Å². The molecule has 0 N–H and O–H groups in total. The fourth-order valence-corrected chi connectivity index (χ4v) is 0.895. The van der Waals surface area contributed by atoms with E-state index in [0.717, 1.165) is 0 Å². The molecule has 12 heavy (non-hydrogen) atoms. The van der Waals surface area contributed by atoms with Crippen LogP contribution in [0.3, 0.4) is 0 Å². The molecule has 64 valence electrons. The monoisotopic (exact) mass is 185 g/mol. The number of esters is 1. The largest absolute Gasteiger partial charge is 0.464 e. The molecule has 0 aliphatic heterocycles. The second-order valence-electron chi connectivity index (χ2n) is 1.82. The molecule has 1 heterocycles. The quantitative estimate of drug-likeness (QED) is 0.490. The number of hydrogen-bond donors (Lipinski definition) is 0. The van der Waals surface area contributed by atoms with Crippen LogP contribution in [0.2, 0.25) is 0 Å². The van der Waals surface area contributed by atoms with Gasteiger partial charge in [-0.1, -0.05) is 11.8 Å². The van der Waals surface area contributed by atoms with Crippen molar-refractivity contribution >= 4 is 17.7 Å². The number of rotatable bonds is 2. The van der Waals surface area contributed by atoms with Crippen molar-refractivity contribution in [1.29, 1.82) is 0 Å². The minimum Gasteiger partial charge on any atom is -0.464 e. The van der Waals surface area contributed by atoms with Crippen molar-refractivity contribution in [2.75, 3.05) is 13.4 Å². The van der Waals surface area contributed by atoms with E-state index in [-0.39, 0.29) is 5.69 Å². The lowest BCUT2D eigenvalue weighted by Gasteiger charge is -1.97. The maximum Gasteiger partial charge on any atom is 0.358 e. The van der Waals surface area contributed by atoms with Crippen molar-refractivity contribution in [1.82, 2.24) is 15.2 Å². The Balaban J connectivity index is 2.93. The normalized spacial score (nSPS) is 9.50. The molecule has 0 amide bonds. The van der Waals surface area contributed by atoms with Crippen LogP contribution in [-0.2, 0) is 4.74 Å². The van der Waals surface area contributed by atoms with E-state index >= 15 is 0 Å². The van der Waals surface area contributed by atoms with Gasteiger partial charge < -0.3 is 4.74 Å². The van der Waals surface area contributed by atoms with E-state index in [1.807, 2.05) is 0 Å². The molecule has 0 aliphatic rings. The molecular formula is C6H7N3O2S. The van der Waals surface area contributed by atoms with Crippen LogP contribution in [0.15, 0.2) is 11.4 Å². The minimum absolute atomic E-state index is 0.178. The summed E-state index contributed by atoms with van der Waals surface area (Å²) in [5.41, 5.74) is 0.178. The van der Waals surface area contributed by atoms with Gasteiger partial charge in [0.05, 0.1) is 13.3 Å². The third kappa shape index (κ3) is 1.91. The molecule has 0 unspecified atom stereocenters. The van der Waals surface area contributed by atoms with E-state index in [9.17, 15) is 4.79 Å². The van der Waals surface area contributed by atoms with Gasteiger partial charge in [0.15, 0.2) is 5.69 Å². The van der Waals surface area contributed by atoms with Gasteiger partial charge in [0.25, 0.3) is 0 Å². The second kappa shape index (κ2) is 4.01. The highest BCUT2D eigenvalue weighted by molar-refractivity contribution is 7.98. The number of hydrogen-bond acceptors (Lipinski definition) is 6. The molecule has 0 spiro atoms. The van der Waals surface area contributed by atoms with E-state index in [1.54, 1.807) is 6.26 Å². The average molecular weight is 185 g/mol. The van der Waals surface area contributed by atoms with E-state index in [0.29, 0.717) is 5.16 Å². The topological polar surface area (TPSA) is 65.0 Å². The summed E-state index contributed by atoms with van der Waals surface area (Å²) in [6.07, 6.45) is 3.07. The Morgan fingerprint density at radius 2 is 2.42 bits per heavy atom. The zero-order valence-electron chi connectivity index (χ0n) is 6.64. The third-order valence-electron chi connectivity index (χ3n) is 1.12. The molecule has 0 radical (unpaired) electrons. The number of nitrogens with zero attached hydrogens (tertiary/aromatic N) is 3. The summed E-state index contributed by atoms with van der Waals surface area (Å²) < 4.78 is 4.46. The Kier molecular flexibility index (Phi) is 2.98. The number of aromatic nitrogens is 3. The zero-order valence-corrected chi connectivity index (χ0v) is 7.46. The first-order chi connectivity index (χ1) is 5.77. The maximum absolute atomic E-state index is 10.9. The lowest BCUT2D eigenvalue weighted by molar-refractivity contribution is 0.0592. The van der Waals surface area contributed by atoms with Gasteiger partial charge in [-0.3, -0.25) is 0 Å². The van der Waals surface area contributed by atoms with E-state index in [2.05, 4.69) is 19.9 Å². The predicted molar refractivity (Wildman–Crippen MR) is 42.9 cm³/mol. The van der Waals surface area contributed by atoms with Crippen molar-refractivity contribution in [3.63, 3.8) is 0 Å². The number of thioether (sulfide) groups is 1. The highest BCUT2D eigenvalue weighted by Gasteiger charge is 2.08. The molecule has 5 nitrogen and oxygen atoms in total. The summed E-state index contributed by atoms with van der Waals surface area (Å²) in [5.74, 6) is -0.500. The molecule has 0 bridgehead atoms. The zero-order chi connectivity index (χ0) is 8.97. The molecule has 0 saturated heterocycles. The molecule has 0 aromatic carbocycles. The fraction of sp³-hybridized carbons (Fsp3) is 0.333. The number of methoxy groups -OCH3 is 1. The Morgan fingerprint density at radius 3 is 3.00 bits per heavy atom. The molecule has 0 fully saturated rings. The van der Waals surface area contributed by atoms with Gasteiger partial charge in [-0.05, 0) is 6.26 Å². The predicted octanol–water partition coefficient (Wildman–Crippen LogP) is 0.380. The van der Waals surface area contributed by atoms with Crippen LogP contribution in [0.5, 0.6) is 0 Å². The van der Waals surface area contributed by atoms with Crippen LogP contribution in [0, 0.1) is 0 Å². The molecule has 0 saturated carbocycles. The molecule has 0 aliphatic carbocycles. The maximum atomic E-state index is 10.9. The average Bonchev–Trinajstić information content (AvgIpc) is 2.17. The van der Waals surface area contributed by atoms with E-state index in [1.165, 1.54) is 25.1 Å². The second-order valence-corrected chi connectivity index (χ2v) is 2.59. The molecular weight excluding hydrogens is 178 g/mol. The van der Waals surface area contributed by atoms with Crippen LogP contribution in [-0.4, -0.2) is 34.5 Å². The third-order valence-corrected chi connectivity index (χ3v) is 1.65. The van der Waals surface area contributed by atoms with Gasteiger partial charge in [-0.25, -0.2) is 9.78 Å². The van der Waals surface area contributed by atoms with Crippen molar-refractivity contribution in [2.45, 2.75) is 5.16 Å². The summed E-state index contributed by atoms with van der Waals surface area (Å²) in [4.78, 5) is 14.8. The first kappa shape index (κ1) is 8.92. The Bertz CT molecular complexity index is 292. The van der Waals surface area contributed by atoms with Crippen LogP contribution in [0.25, 0.3) is 0 Å².